The van der Waals surface area contributed by atoms with E-state index in [4.69, 9.17) is 4.74 Å². The van der Waals surface area contributed by atoms with Crippen molar-refractivity contribution in [3.63, 3.8) is 0 Å². The van der Waals surface area contributed by atoms with Gasteiger partial charge in [0.25, 0.3) is 0 Å². The molecule has 3 heteroatoms. The van der Waals surface area contributed by atoms with Crippen LogP contribution in [0.1, 0.15) is 18.1 Å². The van der Waals surface area contributed by atoms with E-state index < -0.39 is 6.10 Å². The van der Waals surface area contributed by atoms with E-state index in [9.17, 15) is 5.11 Å². The van der Waals surface area contributed by atoms with Crippen LogP contribution >= 0.6 is 15.9 Å². The third-order valence-corrected chi connectivity index (χ3v) is 2.12. The highest BCUT2D eigenvalue weighted by Crippen LogP contribution is 2.20. The van der Waals surface area contributed by atoms with E-state index in [1.807, 2.05) is 18.2 Å². The van der Waals surface area contributed by atoms with Gasteiger partial charge in [0.1, 0.15) is 5.75 Å². The van der Waals surface area contributed by atoms with Crippen molar-refractivity contribution < 1.29 is 9.84 Å². The zero-order chi connectivity index (χ0) is 10.4. The van der Waals surface area contributed by atoms with Crippen molar-refractivity contribution >= 4 is 15.9 Å². The van der Waals surface area contributed by atoms with Crippen molar-refractivity contribution in [3.8, 4) is 16.5 Å². The number of hydrogen-bond donors (Lipinski definition) is 1. The SMILES string of the molecule is COc1cccc(C(O)CC#CBr)c1. The van der Waals surface area contributed by atoms with Crippen LogP contribution in [0.15, 0.2) is 24.3 Å². The minimum absolute atomic E-state index is 0.415. The van der Waals surface area contributed by atoms with Crippen LogP contribution in [0.4, 0.5) is 0 Å². The van der Waals surface area contributed by atoms with Crippen molar-refractivity contribution in [2.24, 2.45) is 0 Å². The number of rotatable bonds is 3. The van der Waals surface area contributed by atoms with Gasteiger partial charge in [0.2, 0.25) is 0 Å². The number of aliphatic hydroxyl groups is 1. The summed E-state index contributed by atoms with van der Waals surface area (Å²) in [6.07, 6.45) is -0.145. The third kappa shape index (κ3) is 3.06. The molecule has 1 aromatic rings. The van der Waals surface area contributed by atoms with Crippen molar-refractivity contribution in [2.75, 3.05) is 7.11 Å². The van der Waals surface area contributed by atoms with Crippen LogP contribution in [-0.4, -0.2) is 12.2 Å². The second kappa shape index (κ2) is 5.69. The lowest BCUT2D eigenvalue weighted by molar-refractivity contribution is 0.183. The van der Waals surface area contributed by atoms with E-state index in [2.05, 4.69) is 26.7 Å². The van der Waals surface area contributed by atoms with Crippen molar-refractivity contribution in [2.45, 2.75) is 12.5 Å². The minimum Gasteiger partial charge on any atom is -0.497 e. The van der Waals surface area contributed by atoms with Gasteiger partial charge in [-0.1, -0.05) is 18.1 Å². The molecule has 1 rings (SSSR count). The Bertz CT molecular complexity index is 352. The summed E-state index contributed by atoms with van der Waals surface area (Å²) in [7, 11) is 1.60. The van der Waals surface area contributed by atoms with Gasteiger partial charge in [-0.15, -0.1) is 0 Å². The standard InChI is InChI=1S/C11H11BrO2/c1-14-10-5-2-4-9(8-10)11(13)6-3-7-12/h2,4-5,8,11,13H,6H2,1H3. The van der Waals surface area contributed by atoms with Crippen LogP contribution in [-0.2, 0) is 0 Å². The van der Waals surface area contributed by atoms with E-state index in [-0.39, 0.29) is 0 Å². The first-order valence-corrected chi connectivity index (χ1v) is 4.97. The van der Waals surface area contributed by atoms with Gasteiger partial charge in [0, 0.05) is 22.4 Å². The molecule has 0 saturated carbocycles. The predicted octanol–water partition coefficient (Wildman–Crippen LogP) is 2.47. The Labute approximate surface area is 92.0 Å². The van der Waals surface area contributed by atoms with E-state index in [0.717, 1.165) is 11.3 Å². The Morgan fingerprint density at radius 2 is 2.36 bits per heavy atom. The summed E-state index contributed by atoms with van der Waals surface area (Å²) < 4.78 is 5.05. The maximum absolute atomic E-state index is 9.69. The van der Waals surface area contributed by atoms with Crippen LogP contribution in [0, 0.1) is 10.8 Å². The maximum Gasteiger partial charge on any atom is 0.119 e. The highest BCUT2D eigenvalue weighted by atomic mass is 79.9. The monoisotopic (exact) mass is 254 g/mol. The van der Waals surface area contributed by atoms with Crippen LogP contribution in [0.25, 0.3) is 0 Å². The van der Waals surface area contributed by atoms with Gasteiger partial charge in [-0.05, 0) is 22.5 Å². The van der Waals surface area contributed by atoms with Crippen LogP contribution < -0.4 is 4.74 Å². The molecule has 0 radical (unpaired) electrons. The zero-order valence-electron chi connectivity index (χ0n) is 7.83. The summed E-state index contributed by atoms with van der Waals surface area (Å²) in [6, 6.07) is 7.34. The number of ether oxygens (including phenoxy) is 1. The molecular formula is C11H11BrO2. The van der Waals surface area contributed by atoms with Crippen LogP contribution in [0.3, 0.4) is 0 Å². The molecule has 1 N–H and O–H groups in total. The fourth-order valence-electron chi connectivity index (χ4n) is 1.10. The molecule has 14 heavy (non-hydrogen) atoms. The molecular weight excluding hydrogens is 244 g/mol. The van der Waals surface area contributed by atoms with Gasteiger partial charge in [0.15, 0.2) is 0 Å². The molecule has 74 valence electrons. The van der Waals surface area contributed by atoms with Gasteiger partial charge in [0.05, 0.1) is 13.2 Å². The number of hydrogen-bond acceptors (Lipinski definition) is 2. The summed E-state index contributed by atoms with van der Waals surface area (Å²) in [4.78, 5) is 2.57. The molecule has 0 aliphatic heterocycles. The molecule has 0 spiro atoms. The first kappa shape index (κ1) is 11.1. The van der Waals surface area contributed by atoms with Gasteiger partial charge in [-0.2, -0.15) is 0 Å². The van der Waals surface area contributed by atoms with E-state index in [0.29, 0.717) is 6.42 Å². The van der Waals surface area contributed by atoms with Gasteiger partial charge in [-0.25, -0.2) is 0 Å². The molecule has 0 amide bonds. The lowest BCUT2D eigenvalue weighted by atomic mass is 10.1. The molecule has 1 atom stereocenters. The fourth-order valence-corrected chi connectivity index (χ4v) is 1.26. The third-order valence-electron chi connectivity index (χ3n) is 1.84. The second-order valence-corrected chi connectivity index (χ2v) is 3.16. The molecule has 0 aromatic heterocycles. The molecule has 2 nitrogen and oxygen atoms in total. The lowest BCUT2D eigenvalue weighted by Crippen LogP contribution is -1.96. The summed E-state index contributed by atoms with van der Waals surface area (Å²) in [5.74, 6) is 3.50. The number of aliphatic hydroxyl groups excluding tert-OH is 1. The number of halogens is 1. The topological polar surface area (TPSA) is 29.5 Å². The summed E-state index contributed by atoms with van der Waals surface area (Å²) in [5, 5.41) is 9.69. The summed E-state index contributed by atoms with van der Waals surface area (Å²) >= 11 is 2.98. The minimum atomic E-state index is -0.560. The Morgan fingerprint density at radius 3 is 3.00 bits per heavy atom. The maximum atomic E-state index is 9.69. The highest BCUT2D eigenvalue weighted by Gasteiger charge is 2.06. The molecule has 0 aliphatic carbocycles. The molecule has 0 fully saturated rings. The Kier molecular flexibility index (Phi) is 4.51. The molecule has 0 aliphatic rings. The molecule has 1 unspecified atom stereocenters. The first-order valence-electron chi connectivity index (χ1n) is 4.18. The van der Waals surface area contributed by atoms with Crippen LogP contribution in [0.5, 0.6) is 5.75 Å². The van der Waals surface area contributed by atoms with E-state index in [1.54, 1.807) is 13.2 Å². The second-order valence-electron chi connectivity index (χ2n) is 2.77. The average molecular weight is 255 g/mol. The van der Waals surface area contributed by atoms with E-state index in [1.165, 1.54) is 0 Å². The van der Waals surface area contributed by atoms with Crippen molar-refractivity contribution in [3.05, 3.63) is 29.8 Å². The fraction of sp³-hybridized carbons (Fsp3) is 0.273. The Balaban J connectivity index is 2.76. The predicted molar refractivity (Wildman–Crippen MR) is 59.3 cm³/mol. The van der Waals surface area contributed by atoms with Gasteiger partial charge in [-0.3, -0.25) is 0 Å². The first-order chi connectivity index (χ1) is 6.77. The zero-order valence-corrected chi connectivity index (χ0v) is 9.41. The normalized spacial score (nSPS) is 11.4. The number of methoxy groups -OCH3 is 1. The van der Waals surface area contributed by atoms with Gasteiger partial charge < -0.3 is 9.84 Å². The van der Waals surface area contributed by atoms with Crippen LogP contribution in [0.2, 0.25) is 0 Å². The summed E-state index contributed by atoms with van der Waals surface area (Å²) in [6.45, 7) is 0. The largest absolute Gasteiger partial charge is 0.497 e. The molecule has 0 bridgehead atoms. The summed E-state index contributed by atoms with van der Waals surface area (Å²) in [5.41, 5.74) is 0.819. The molecule has 0 heterocycles. The Morgan fingerprint density at radius 1 is 1.57 bits per heavy atom. The smallest absolute Gasteiger partial charge is 0.119 e. The van der Waals surface area contributed by atoms with Crippen molar-refractivity contribution in [1.29, 1.82) is 0 Å². The van der Waals surface area contributed by atoms with E-state index >= 15 is 0 Å². The number of benzene rings is 1. The highest BCUT2D eigenvalue weighted by molar-refractivity contribution is 9.12. The molecule has 0 saturated heterocycles. The molecule has 1 aromatic carbocycles. The Hall–Kier alpha value is -0.980. The van der Waals surface area contributed by atoms with Gasteiger partial charge >= 0.3 is 0 Å². The average Bonchev–Trinajstić information content (AvgIpc) is 2.26. The quantitative estimate of drug-likeness (QED) is 0.841. The van der Waals surface area contributed by atoms with Crippen molar-refractivity contribution in [1.82, 2.24) is 0 Å². The lowest BCUT2D eigenvalue weighted by Gasteiger charge is -2.08.